The van der Waals surface area contributed by atoms with Gasteiger partial charge < -0.3 is 14.4 Å². The number of nitrogens with zero attached hydrogens (tertiary/aromatic N) is 2. The fraction of sp³-hybridized carbons (Fsp3) is 0.250. The molecule has 0 fully saturated rings. The van der Waals surface area contributed by atoms with Crippen LogP contribution in [-0.4, -0.2) is 21.8 Å². The molecule has 0 spiro atoms. The molecular weight excluding hydrogens is 223 g/mol. The summed E-state index contributed by atoms with van der Waals surface area (Å²) in [6.45, 7) is 0.305. The Morgan fingerprint density at radius 2 is 2.35 bits per heavy atom. The maximum Gasteiger partial charge on any atom is 0.124 e. The van der Waals surface area contributed by atoms with Gasteiger partial charge in [-0.05, 0) is 18.2 Å². The molecule has 0 bridgehead atoms. The number of aromatic nitrogens is 2. The lowest BCUT2D eigenvalue weighted by Gasteiger charge is -2.15. The Morgan fingerprint density at radius 1 is 1.53 bits per heavy atom. The van der Waals surface area contributed by atoms with E-state index in [9.17, 15) is 9.50 Å². The number of methoxy groups -OCH3 is 1. The van der Waals surface area contributed by atoms with E-state index < -0.39 is 11.9 Å². The molecule has 1 atom stereocenters. The van der Waals surface area contributed by atoms with Gasteiger partial charge in [-0.25, -0.2) is 9.37 Å². The fourth-order valence-corrected chi connectivity index (χ4v) is 1.66. The van der Waals surface area contributed by atoms with Crippen LogP contribution in [0.15, 0.2) is 36.9 Å². The van der Waals surface area contributed by atoms with Crippen LogP contribution in [0.25, 0.3) is 0 Å². The molecule has 1 aromatic carbocycles. The van der Waals surface area contributed by atoms with E-state index >= 15 is 0 Å². The summed E-state index contributed by atoms with van der Waals surface area (Å²) in [5.41, 5.74) is 0.432. The van der Waals surface area contributed by atoms with Crippen LogP contribution >= 0.6 is 0 Å². The first kappa shape index (κ1) is 11.6. The maximum atomic E-state index is 13.1. The third-order valence-electron chi connectivity index (χ3n) is 2.49. The monoisotopic (exact) mass is 236 g/mol. The summed E-state index contributed by atoms with van der Waals surface area (Å²) < 4.78 is 19.9. The van der Waals surface area contributed by atoms with Gasteiger partial charge in [0.05, 0.1) is 20.0 Å². The second-order valence-corrected chi connectivity index (χ2v) is 3.66. The third-order valence-corrected chi connectivity index (χ3v) is 2.49. The minimum atomic E-state index is -0.838. The molecule has 2 rings (SSSR count). The molecule has 1 N–H and O–H groups in total. The van der Waals surface area contributed by atoms with Gasteiger partial charge in [0.1, 0.15) is 17.7 Å². The van der Waals surface area contributed by atoms with Gasteiger partial charge in [0, 0.05) is 18.0 Å². The van der Waals surface area contributed by atoms with Crippen molar-refractivity contribution in [3.05, 3.63) is 48.3 Å². The number of benzene rings is 1. The molecule has 0 aliphatic heterocycles. The molecule has 0 amide bonds. The van der Waals surface area contributed by atoms with Crippen molar-refractivity contribution in [2.75, 3.05) is 7.11 Å². The summed E-state index contributed by atoms with van der Waals surface area (Å²) in [6.07, 6.45) is 4.11. The van der Waals surface area contributed by atoms with E-state index in [1.165, 1.54) is 25.3 Å². The van der Waals surface area contributed by atoms with E-state index in [1.54, 1.807) is 23.3 Å². The predicted octanol–water partition coefficient (Wildman–Crippen LogP) is 1.76. The Hall–Kier alpha value is -1.88. The van der Waals surface area contributed by atoms with Gasteiger partial charge in [0.25, 0.3) is 0 Å². The Morgan fingerprint density at radius 3 is 3.00 bits per heavy atom. The standard InChI is InChI=1S/C12H13FN2O2/c1-17-12-3-2-9(13)6-10(12)11(16)7-15-5-4-14-8-15/h2-6,8,11,16H,7H2,1H3. The summed E-state index contributed by atoms with van der Waals surface area (Å²) in [7, 11) is 1.49. The minimum absolute atomic E-state index is 0.305. The van der Waals surface area contributed by atoms with E-state index in [0.717, 1.165) is 0 Å². The van der Waals surface area contributed by atoms with Gasteiger partial charge >= 0.3 is 0 Å². The highest BCUT2D eigenvalue weighted by Crippen LogP contribution is 2.26. The third kappa shape index (κ3) is 2.62. The normalized spacial score (nSPS) is 12.4. The van der Waals surface area contributed by atoms with Crippen molar-refractivity contribution in [2.45, 2.75) is 12.6 Å². The molecule has 0 saturated carbocycles. The summed E-state index contributed by atoms with van der Waals surface area (Å²) in [5.74, 6) is 0.0736. The Bertz CT molecular complexity index is 485. The van der Waals surface area contributed by atoms with Gasteiger partial charge in [-0.1, -0.05) is 0 Å². The van der Waals surface area contributed by atoms with Crippen LogP contribution < -0.4 is 4.74 Å². The molecule has 1 unspecified atom stereocenters. The second-order valence-electron chi connectivity index (χ2n) is 3.66. The first-order valence-corrected chi connectivity index (χ1v) is 5.18. The molecule has 1 aromatic heterocycles. The van der Waals surface area contributed by atoms with E-state index in [-0.39, 0.29) is 0 Å². The highest BCUT2D eigenvalue weighted by Gasteiger charge is 2.14. The van der Waals surface area contributed by atoms with Gasteiger partial charge in [-0.2, -0.15) is 0 Å². The highest BCUT2D eigenvalue weighted by molar-refractivity contribution is 5.35. The zero-order valence-electron chi connectivity index (χ0n) is 9.38. The number of hydrogen-bond acceptors (Lipinski definition) is 3. The van der Waals surface area contributed by atoms with Crippen molar-refractivity contribution >= 4 is 0 Å². The van der Waals surface area contributed by atoms with Crippen molar-refractivity contribution in [2.24, 2.45) is 0 Å². The van der Waals surface area contributed by atoms with Crippen molar-refractivity contribution in [3.8, 4) is 5.75 Å². The summed E-state index contributed by atoms with van der Waals surface area (Å²) in [5, 5.41) is 10.0. The van der Waals surface area contributed by atoms with Crippen molar-refractivity contribution in [3.63, 3.8) is 0 Å². The van der Waals surface area contributed by atoms with Gasteiger partial charge in [0.15, 0.2) is 0 Å². The zero-order chi connectivity index (χ0) is 12.3. The van der Waals surface area contributed by atoms with Crippen molar-refractivity contribution in [1.29, 1.82) is 0 Å². The molecular formula is C12H13FN2O2. The average molecular weight is 236 g/mol. The molecule has 0 radical (unpaired) electrons. The number of aliphatic hydroxyl groups is 1. The Kier molecular flexibility index (Phi) is 3.39. The molecule has 4 nitrogen and oxygen atoms in total. The van der Waals surface area contributed by atoms with E-state index in [0.29, 0.717) is 17.9 Å². The Balaban J connectivity index is 2.23. The molecule has 17 heavy (non-hydrogen) atoms. The number of rotatable bonds is 4. The maximum absolute atomic E-state index is 13.1. The molecule has 2 aromatic rings. The number of halogens is 1. The van der Waals surface area contributed by atoms with Crippen LogP contribution in [0.5, 0.6) is 5.75 Å². The van der Waals surface area contributed by atoms with Gasteiger partial charge in [-0.3, -0.25) is 0 Å². The average Bonchev–Trinajstić information content (AvgIpc) is 2.81. The number of ether oxygens (including phenoxy) is 1. The predicted molar refractivity (Wildman–Crippen MR) is 60.1 cm³/mol. The molecule has 5 heteroatoms. The van der Waals surface area contributed by atoms with Crippen LogP contribution in [0, 0.1) is 5.82 Å². The van der Waals surface area contributed by atoms with Crippen molar-refractivity contribution in [1.82, 2.24) is 9.55 Å². The summed E-state index contributed by atoms with van der Waals surface area (Å²) in [4.78, 5) is 3.88. The highest BCUT2D eigenvalue weighted by atomic mass is 19.1. The minimum Gasteiger partial charge on any atom is -0.496 e. The fourth-order valence-electron chi connectivity index (χ4n) is 1.66. The molecule has 0 aliphatic carbocycles. The SMILES string of the molecule is COc1ccc(F)cc1C(O)Cn1ccnc1. The van der Waals surface area contributed by atoms with Crippen LogP contribution in [-0.2, 0) is 6.54 Å². The lowest BCUT2D eigenvalue weighted by Crippen LogP contribution is -2.08. The summed E-state index contributed by atoms with van der Waals surface area (Å²) >= 11 is 0. The quantitative estimate of drug-likeness (QED) is 0.880. The molecule has 90 valence electrons. The second kappa shape index (κ2) is 4.97. The molecule has 1 heterocycles. The first-order chi connectivity index (χ1) is 8.20. The number of hydrogen-bond donors (Lipinski definition) is 1. The van der Waals surface area contributed by atoms with Crippen LogP contribution in [0.2, 0.25) is 0 Å². The topological polar surface area (TPSA) is 47.3 Å². The summed E-state index contributed by atoms with van der Waals surface area (Å²) in [6, 6.07) is 4.08. The molecule has 0 saturated heterocycles. The largest absolute Gasteiger partial charge is 0.496 e. The lowest BCUT2D eigenvalue weighted by molar-refractivity contribution is 0.152. The van der Waals surface area contributed by atoms with E-state index in [2.05, 4.69) is 4.98 Å². The number of imidazole rings is 1. The van der Waals surface area contributed by atoms with Crippen LogP contribution in [0.3, 0.4) is 0 Å². The van der Waals surface area contributed by atoms with Crippen LogP contribution in [0.4, 0.5) is 4.39 Å². The van der Waals surface area contributed by atoms with E-state index in [1.807, 2.05) is 0 Å². The van der Waals surface area contributed by atoms with Gasteiger partial charge in [0.2, 0.25) is 0 Å². The lowest BCUT2D eigenvalue weighted by atomic mass is 10.1. The Labute approximate surface area is 98.3 Å². The van der Waals surface area contributed by atoms with Crippen LogP contribution in [0.1, 0.15) is 11.7 Å². The van der Waals surface area contributed by atoms with E-state index in [4.69, 9.17) is 4.74 Å². The number of aliphatic hydroxyl groups excluding tert-OH is 1. The smallest absolute Gasteiger partial charge is 0.124 e. The van der Waals surface area contributed by atoms with Crippen molar-refractivity contribution < 1.29 is 14.2 Å². The zero-order valence-corrected chi connectivity index (χ0v) is 9.38. The molecule has 0 aliphatic rings. The first-order valence-electron chi connectivity index (χ1n) is 5.18. The van der Waals surface area contributed by atoms with Gasteiger partial charge in [-0.15, -0.1) is 0 Å².